The van der Waals surface area contributed by atoms with Gasteiger partial charge in [0.25, 0.3) is 0 Å². The zero-order chi connectivity index (χ0) is 24.9. The molecule has 4 atom stereocenters. The van der Waals surface area contributed by atoms with Crippen LogP contribution in [0.4, 0.5) is 15.9 Å². The first-order valence-corrected chi connectivity index (χ1v) is 13.5. The van der Waals surface area contributed by atoms with Gasteiger partial charge in [-0.15, -0.1) is 0 Å². The number of nitrogens with zero attached hydrogens (tertiary/aromatic N) is 3. The number of ether oxygens (including phenoxy) is 2. The summed E-state index contributed by atoms with van der Waals surface area (Å²) in [7, 11) is 0. The fraction of sp³-hybridized carbons (Fsp3) is 0.630. The molecule has 194 valence electrons. The topological polar surface area (TPSA) is 66.9 Å². The van der Waals surface area contributed by atoms with Crippen LogP contribution in [-0.4, -0.2) is 80.1 Å². The van der Waals surface area contributed by atoms with Crippen molar-refractivity contribution in [2.45, 2.75) is 37.9 Å². The molecule has 0 spiro atoms. The minimum atomic E-state index is -0.961. The fourth-order valence-corrected chi connectivity index (χ4v) is 6.54. The summed E-state index contributed by atoms with van der Waals surface area (Å²) >= 11 is 6.67. The summed E-state index contributed by atoms with van der Waals surface area (Å²) in [6.45, 7) is 7.22. The molecule has 4 heterocycles. The number of pyridine rings is 1. The number of carbonyl (C=O) groups excluding carboxylic acids is 1. The summed E-state index contributed by atoms with van der Waals surface area (Å²) < 4.78 is 25.3. The highest BCUT2D eigenvalue weighted by molar-refractivity contribution is 6.34. The Kier molecular flexibility index (Phi) is 6.56. The number of amides is 1. The number of alkyl halides is 1. The molecule has 3 aliphatic heterocycles. The minimum absolute atomic E-state index is 0.0687. The summed E-state index contributed by atoms with van der Waals surface area (Å²) in [4.78, 5) is 21.8. The van der Waals surface area contributed by atoms with E-state index in [-0.39, 0.29) is 18.4 Å². The number of nitrogens with one attached hydrogen (secondary N) is 1. The molecule has 3 saturated heterocycles. The molecule has 1 amide bonds. The van der Waals surface area contributed by atoms with Crippen molar-refractivity contribution in [3.8, 4) is 0 Å². The fourth-order valence-electron chi connectivity index (χ4n) is 6.25. The Bertz CT molecular complexity index is 1140. The number of piperazine rings is 1. The number of halogens is 2. The number of hydrogen-bond donors (Lipinski definition) is 1. The van der Waals surface area contributed by atoms with Crippen molar-refractivity contribution in [1.29, 1.82) is 0 Å². The van der Waals surface area contributed by atoms with E-state index in [0.717, 1.165) is 75.1 Å². The van der Waals surface area contributed by atoms with Gasteiger partial charge in [-0.05, 0) is 61.6 Å². The van der Waals surface area contributed by atoms with Crippen LogP contribution in [0.5, 0.6) is 0 Å². The Morgan fingerprint density at radius 2 is 1.92 bits per heavy atom. The molecule has 1 aromatic heterocycles. The lowest BCUT2D eigenvalue weighted by Crippen LogP contribution is -2.59. The van der Waals surface area contributed by atoms with Crippen molar-refractivity contribution in [2.75, 3.05) is 62.8 Å². The molecule has 9 heteroatoms. The highest BCUT2D eigenvalue weighted by Gasteiger charge is 2.48. The third-order valence-corrected chi connectivity index (χ3v) is 9.07. The van der Waals surface area contributed by atoms with Crippen LogP contribution in [0.1, 0.15) is 26.2 Å². The maximum absolute atomic E-state index is 14.5. The molecule has 1 aromatic carbocycles. The van der Waals surface area contributed by atoms with Gasteiger partial charge in [-0.1, -0.05) is 11.6 Å². The third-order valence-electron chi connectivity index (χ3n) is 8.76. The second-order valence-electron chi connectivity index (χ2n) is 11.0. The van der Waals surface area contributed by atoms with Crippen LogP contribution in [-0.2, 0) is 14.3 Å². The number of aromatic nitrogens is 1. The molecule has 0 unspecified atom stereocenters. The zero-order valence-corrected chi connectivity index (χ0v) is 21.5. The monoisotopic (exact) mass is 516 g/mol. The molecule has 0 bridgehead atoms. The number of hydrogen-bond acceptors (Lipinski definition) is 6. The van der Waals surface area contributed by atoms with Gasteiger partial charge in [0.2, 0.25) is 5.91 Å². The summed E-state index contributed by atoms with van der Waals surface area (Å²) in [5.41, 5.74) is 0.405. The zero-order valence-electron chi connectivity index (χ0n) is 20.7. The van der Waals surface area contributed by atoms with E-state index in [0.29, 0.717) is 29.3 Å². The van der Waals surface area contributed by atoms with Crippen molar-refractivity contribution in [3.05, 3.63) is 29.4 Å². The average Bonchev–Trinajstić information content (AvgIpc) is 3.63. The van der Waals surface area contributed by atoms with Crippen LogP contribution in [0.15, 0.2) is 24.4 Å². The van der Waals surface area contributed by atoms with Gasteiger partial charge in [0.05, 0.1) is 29.5 Å². The highest BCUT2D eigenvalue weighted by atomic mass is 35.5. The Morgan fingerprint density at radius 3 is 2.64 bits per heavy atom. The standard InChI is InChI=1S/C27H34ClFN4O3/c1-27(16-36-15-24(27)29)33-6-4-32(5-7-33)23-11-18-12-25(30-14-19(18)10-22(23)28)31-26(34)21-13-20(21)17-2-8-35-9-3-17/h10-12,14,17,20-21,24H,2-9,13,15-16H2,1H3,(H,30,31,34)/t20-,21-,24+,27-/m1/s1. The molecule has 1 N–H and O–H groups in total. The highest BCUT2D eigenvalue weighted by Crippen LogP contribution is 2.48. The molecule has 1 aliphatic carbocycles. The van der Waals surface area contributed by atoms with Gasteiger partial charge in [0.1, 0.15) is 12.0 Å². The summed E-state index contributed by atoms with van der Waals surface area (Å²) in [5.74, 6) is 1.80. The van der Waals surface area contributed by atoms with Crippen LogP contribution >= 0.6 is 11.6 Å². The van der Waals surface area contributed by atoms with Gasteiger partial charge >= 0.3 is 0 Å². The van der Waals surface area contributed by atoms with Crippen molar-refractivity contribution < 1.29 is 18.7 Å². The molecule has 7 nitrogen and oxygen atoms in total. The molecule has 4 aliphatic rings. The molecular formula is C27H34ClFN4O3. The van der Waals surface area contributed by atoms with Gasteiger partial charge in [-0.25, -0.2) is 9.37 Å². The van der Waals surface area contributed by atoms with Gasteiger partial charge in [0, 0.05) is 56.9 Å². The van der Waals surface area contributed by atoms with Crippen LogP contribution in [0, 0.1) is 17.8 Å². The van der Waals surface area contributed by atoms with Gasteiger partial charge in [-0.3, -0.25) is 9.69 Å². The molecule has 0 radical (unpaired) electrons. The average molecular weight is 517 g/mol. The maximum atomic E-state index is 14.5. The Labute approximate surface area is 216 Å². The summed E-state index contributed by atoms with van der Waals surface area (Å²) in [5, 5.41) is 5.63. The van der Waals surface area contributed by atoms with Crippen molar-refractivity contribution in [1.82, 2.24) is 9.88 Å². The minimum Gasteiger partial charge on any atom is -0.381 e. The largest absolute Gasteiger partial charge is 0.381 e. The predicted octanol–water partition coefficient (Wildman–Crippen LogP) is 4.14. The number of carbonyl (C=O) groups is 1. The van der Waals surface area contributed by atoms with Crippen LogP contribution in [0.25, 0.3) is 10.8 Å². The summed E-state index contributed by atoms with van der Waals surface area (Å²) in [6.07, 6.45) is 3.88. The van der Waals surface area contributed by atoms with Crippen molar-refractivity contribution >= 4 is 39.8 Å². The van der Waals surface area contributed by atoms with Gasteiger partial charge in [0.15, 0.2) is 0 Å². The Hall–Kier alpha value is -2.00. The molecule has 1 saturated carbocycles. The lowest BCUT2D eigenvalue weighted by molar-refractivity contribution is -0.117. The number of rotatable bonds is 5. The first kappa shape index (κ1) is 24.3. The van der Waals surface area contributed by atoms with Crippen molar-refractivity contribution in [2.24, 2.45) is 17.8 Å². The molecule has 36 heavy (non-hydrogen) atoms. The molecule has 6 rings (SSSR count). The second kappa shape index (κ2) is 9.71. The smallest absolute Gasteiger partial charge is 0.228 e. The second-order valence-corrected chi connectivity index (χ2v) is 11.4. The van der Waals surface area contributed by atoms with E-state index in [1.54, 1.807) is 6.20 Å². The third kappa shape index (κ3) is 4.57. The van der Waals surface area contributed by atoms with E-state index in [4.69, 9.17) is 21.1 Å². The first-order chi connectivity index (χ1) is 17.4. The van der Waals surface area contributed by atoms with E-state index in [1.807, 2.05) is 19.1 Å². The lowest BCUT2D eigenvalue weighted by atomic mass is 9.93. The normalized spacial score (nSPS) is 31.6. The SMILES string of the molecule is C[C@@]1(N2CCN(c3cc4cc(NC(=O)[C@@H]5C[C@@H]5C5CCOCC5)ncc4cc3Cl)CC2)COC[C@@H]1F. The van der Waals surface area contributed by atoms with E-state index in [2.05, 4.69) is 26.2 Å². The van der Waals surface area contributed by atoms with E-state index in [1.165, 1.54) is 0 Å². The van der Waals surface area contributed by atoms with E-state index < -0.39 is 11.7 Å². The van der Waals surface area contributed by atoms with Gasteiger partial charge < -0.3 is 19.7 Å². The quantitative estimate of drug-likeness (QED) is 0.644. The van der Waals surface area contributed by atoms with Crippen LogP contribution < -0.4 is 10.2 Å². The Balaban J connectivity index is 1.13. The number of anilines is 2. The first-order valence-electron chi connectivity index (χ1n) is 13.1. The van der Waals surface area contributed by atoms with Gasteiger partial charge in [-0.2, -0.15) is 0 Å². The maximum Gasteiger partial charge on any atom is 0.228 e. The number of fused-ring (bicyclic) bond motifs is 1. The van der Waals surface area contributed by atoms with Crippen LogP contribution in [0.3, 0.4) is 0 Å². The molecule has 2 aromatic rings. The van der Waals surface area contributed by atoms with E-state index in [9.17, 15) is 9.18 Å². The van der Waals surface area contributed by atoms with Crippen molar-refractivity contribution in [3.63, 3.8) is 0 Å². The van der Waals surface area contributed by atoms with E-state index >= 15 is 0 Å². The number of benzene rings is 1. The Morgan fingerprint density at radius 1 is 1.14 bits per heavy atom. The van der Waals surface area contributed by atoms with Crippen LogP contribution in [0.2, 0.25) is 5.02 Å². The molecular weight excluding hydrogens is 483 g/mol. The summed E-state index contributed by atoms with van der Waals surface area (Å²) in [6, 6.07) is 5.94. The lowest BCUT2D eigenvalue weighted by Gasteiger charge is -2.44. The predicted molar refractivity (Wildman–Crippen MR) is 138 cm³/mol. The molecule has 4 fully saturated rings.